The Hall–Kier alpha value is -1.25. The van der Waals surface area contributed by atoms with E-state index in [1.54, 1.807) is 0 Å². The van der Waals surface area contributed by atoms with Gasteiger partial charge in [-0.3, -0.25) is 0 Å². The minimum absolute atomic E-state index is 0.293. The van der Waals surface area contributed by atoms with E-state index in [-0.39, 0.29) is 0 Å². The molecule has 0 saturated heterocycles. The second kappa shape index (κ2) is 5.01. The summed E-state index contributed by atoms with van der Waals surface area (Å²) >= 11 is 0. The summed E-state index contributed by atoms with van der Waals surface area (Å²) < 4.78 is 0. The number of aromatic nitrogens is 1. The Labute approximate surface area is 92.3 Å². The quantitative estimate of drug-likeness (QED) is 0.797. The van der Waals surface area contributed by atoms with Crippen LogP contribution in [0.2, 0.25) is 0 Å². The molecule has 0 unspecified atom stereocenters. The van der Waals surface area contributed by atoms with E-state index in [0.717, 1.165) is 24.6 Å². The molecule has 1 aromatic heterocycles. The molecule has 0 saturated carbocycles. The SMILES string of the molecule is CCNc1cc(NCC(C)(C)C)ccn1. The first-order valence-electron chi connectivity index (χ1n) is 5.45. The van der Waals surface area contributed by atoms with Crippen molar-refractivity contribution in [2.45, 2.75) is 27.7 Å². The first kappa shape index (κ1) is 11.8. The van der Waals surface area contributed by atoms with Crippen molar-refractivity contribution in [1.29, 1.82) is 0 Å². The fourth-order valence-electron chi connectivity index (χ4n) is 1.19. The Kier molecular flexibility index (Phi) is 3.95. The fraction of sp³-hybridized carbons (Fsp3) is 0.583. The molecule has 84 valence electrons. The molecule has 0 spiro atoms. The van der Waals surface area contributed by atoms with Crippen LogP contribution in [0.25, 0.3) is 0 Å². The van der Waals surface area contributed by atoms with Gasteiger partial charge >= 0.3 is 0 Å². The van der Waals surface area contributed by atoms with Crippen LogP contribution in [0, 0.1) is 5.41 Å². The van der Waals surface area contributed by atoms with Gasteiger partial charge in [-0.25, -0.2) is 4.98 Å². The summed E-state index contributed by atoms with van der Waals surface area (Å²) in [5.41, 5.74) is 1.41. The second-order valence-corrected chi connectivity index (χ2v) is 4.87. The lowest BCUT2D eigenvalue weighted by Gasteiger charge is -2.19. The highest BCUT2D eigenvalue weighted by molar-refractivity contribution is 5.51. The van der Waals surface area contributed by atoms with E-state index >= 15 is 0 Å². The molecule has 0 aliphatic carbocycles. The molecule has 15 heavy (non-hydrogen) atoms. The van der Waals surface area contributed by atoms with Gasteiger partial charge in [-0.1, -0.05) is 20.8 Å². The van der Waals surface area contributed by atoms with Crippen LogP contribution >= 0.6 is 0 Å². The van der Waals surface area contributed by atoms with E-state index in [2.05, 4.69) is 43.3 Å². The largest absolute Gasteiger partial charge is 0.384 e. The fourth-order valence-corrected chi connectivity index (χ4v) is 1.19. The van der Waals surface area contributed by atoms with E-state index in [9.17, 15) is 0 Å². The normalized spacial score (nSPS) is 11.2. The highest BCUT2D eigenvalue weighted by atomic mass is 15.0. The summed E-state index contributed by atoms with van der Waals surface area (Å²) in [5, 5.41) is 6.60. The summed E-state index contributed by atoms with van der Waals surface area (Å²) in [6.07, 6.45) is 1.82. The van der Waals surface area contributed by atoms with E-state index in [0.29, 0.717) is 5.41 Å². The smallest absolute Gasteiger partial charge is 0.127 e. The molecular formula is C12H21N3. The number of rotatable bonds is 4. The number of hydrogen-bond acceptors (Lipinski definition) is 3. The maximum Gasteiger partial charge on any atom is 0.127 e. The first-order chi connectivity index (χ1) is 7.01. The zero-order valence-corrected chi connectivity index (χ0v) is 10.1. The summed E-state index contributed by atoms with van der Waals surface area (Å²) in [7, 11) is 0. The van der Waals surface area contributed by atoms with Gasteiger partial charge in [-0.15, -0.1) is 0 Å². The van der Waals surface area contributed by atoms with Gasteiger partial charge in [0.2, 0.25) is 0 Å². The van der Waals surface area contributed by atoms with Crippen LogP contribution in [0.5, 0.6) is 0 Å². The molecule has 1 aromatic rings. The van der Waals surface area contributed by atoms with Gasteiger partial charge in [0.25, 0.3) is 0 Å². The topological polar surface area (TPSA) is 37.0 Å². The number of pyridine rings is 1. The third kappa shape index (κ3) is 4.68. The van der Waals surface area contributed by atoms with Crippen LogP contribution in [0.15, 0.2) is 18.3 Å². The molecule has 0 atom stereocenters. The van der Waals surface area contributed by atoms with Crippen LogP contribution < -0.4 is 10.6 Å². The van der Waals surface area contributed by atoms with E-state index < -0.39 is 0 Å². The zero-order valence-electron chi connectivity index (χ0n) is 10.1. The average Bonchev–Trinajstić information content (AvgIpc) is 2.15. The van der Waals surface area contributed by atoms with Crippen LogP contribution in [0.3, 0.4) is 0 Å². The lowest BCUT2D eigenvalue weighted by molar-refractivity contribution is 0.443. The molecule has 3 nitrogen and oxygen atoms in total. The number of anilines is 2. The monoisotopic (exact) mass is 207 g/mol. The Balaban J connectivity index is 2.57. The zero-order chi connectivity index (χ0) is 11.3. The van der Waals surface area contributed by atoms with Crippen molar-refractivity contribution < 1.29 is 0 Å². The Morgan fingerprint density at radius 1 is 1.27 bits per heavy atom. The highest BCUT2D eigenvalue weighted by Gasteiger charge is 2.09. The molecule has 1 heterocycles. The van der Waals surface area contributed by atoms with Gasteiger partial charge in [-0.2, -0.15) is 0 Å². The molecule has 0 amide bonds. The molecule has 0 radical (unpaired) electrons. The van der Waals surface area contributed by atoms with Crippen molar-refractivity contribution in [3.63, 3.8) is 0 Å². The minimum atomic E-state index is 0.293. The maximum absolute atomic E-state index is 4.22. The lowest BCUT2D eigenvalue weighted by Crippen LogP contribution is -2.19. The second-order valence-electron chi connectivity index (χ2n) is 4.87. The number of nitrogens with zero attached hydrogens (tertiary/aromatic N) is 1. The molecule has 0 aromatic carbocycles. The summed E-state index contributed by atoms with van der Waals surface area (Å²) in [6.45, 7) is 10.6. The number of hydrogen-bond donors (Lipinski definition) is 2. The summed E-state index contributed by atoms with van der Waals surface area (Å²) in [6, 6.07) is 4.03. The van der Waals surface area contributed by atoms with Gasteiger partial charge in [0.15, 0.2) is 0 Å². The van der Waals surface area contributed by atoms with Crippen molar-refractivity contribution in [2.24, 2.45) is 5.41 Å². The Morgan fingerprint density at radius 2 is 2.00 bits per heavy atom. The van der Waals surface area contributed by atoms with Gasteiger partial charge < -0.3 is 10.6 Å². The predicted octanol–water partition coefficient (Wildman–Crippen LogP) is 2.97. The highest BCUT2D eigenvalue weighted by Crippen LogP contribution is 2.16. The molecule has 1 rings (SSSR count). The molecule has 0 aliphatic rings. The molecule has 2 N–H and O–H groups in total. The van der Waals surface area contributed by atoms with Crippen molar-refractivity contribution in [3.8, 4) is 0 Å². The van der Waals surface area contributed by atoms with Crippen molar-refractivity contribution in [1.82, 2.24) is 4.98 Å². The molecule has 3 heteroatoms. The van der Waals surface area contributed by atoms with Crippen molar-refractivity contribution in [3.05, 3.63) is 18.3 Å². The third-order valence-electron chi connectivity index (χ3n) is 1.94. The predicted molar refractivity (Wildman–Crippen MR) is 66.3 cm³/mol. The maximum atomic E-state index is 4.22. The molecule has 0 aliphatic heterocycles. The molecule has 0 bridgehead atoms. The summed E-state index contributed by atoms with van der Waals surface area (Å²) in [5.74, 6) is 0.927. The molecular weight excluding hydrogens is 186 g/mol. The van der Waals surface area contributed by atoms with Crippen LogP contribution in [0.1, 0.15) is 27.7 Å². The minimum Gasteiger partial charge on any atom is -0.384 e. The van der Waals surface area contributed by atoms with Crippen LogP contribution in [0.4, 0.5) is 11.5 Å². The lowest BCUT2D eigenvalue weighted by atomic mass is 9.97. The van der Waals surface area contributed by atoms with E-state index in [1.807, 2.05) is 18.3 Å². The molecule has 0 fully saturated rings. The average molecular weight is 207 g/mol. The third-order valence-corrected chi connectivity index (χ3v) is 1.94. The van der Waals surface area contributed by atoms with Gasteiger partial charge in [0.1, 0.15) is 5.82 Å². The van der Waals surface area contributed by atoms with Crippen LogP contribution in [-0.4, -0.2) is 18.1 Å². The van der Waals surface area contributed by atoms with Crippen molar-refractivity contribution in [2.75, 3.05) is 23.7 Å². The van der Waals surface area contributed by atoms with Crippen LogP contribution in [-0.2, 0) is 0 Å². The van der Waals surface area contributed by atoms with Gasteiger partial charge in [-0.05, 0) is 18.4 Å². The van der Waals surface area contributed by atoms with E-state index in [4.69, 9.17) is 0 Å². The van der Waals surface area contributed by atoms with Gasteiger partial charge in [0, 0.05) is 31.0 Å². The summed E-state index contributed by atoms with van der Waals surface area (Å²) in [4.78, 5) is 4.22. The van der Waals surface area contributed by atoms with E-state index in [1.165, 1.54) is 0 Å². The van der Waals surface area contributed by atoms with Crippen molar-refractivity contribution >= 4 is 11.5 Å². The standard InChI is InChI=1S/C12H21N3/c1-5-13-11-8-10(6-7-14-11)15-9-12(2,3)4/h6-8H,5,9H2,1-4H3,(H2,13,14,15). The Bertz CT molecular complexity index is 302. The first-order valence-corrected chi connectivity index (χ1v) is 5.45. The number of nitrogens with one attached hydrogen (secondary N) is 2. The van der Waals surface area contributed by atoms with Gasteiger partial charge in [0.05, 0.1) is 0 Å². The Morgan fingerprint density at radius 3 is 2.60 bits per heavy atom.